The summed E-state index contributed by atoms with van der Waals surface area (Å²) in [4.78, 5) is 30.4. The maximum absolute atomic E-state index is 11.8. The van der Waals surface area contributed by atoms with E-state index in [-0.39, 0.29) is 12.1 Å². The first-order chi connectivity index (χ1) is 10.1. The molecule has 8 heteroatoms. The van der Waals surface area contributed by atoms with Crippen LogP contribution in [0.3, 0.4) is 0 Å². The first-order valence-electron chi connectivity index (χ1n) is 5.89. The number of halogens is 1. The zero-order chi connectivity index (χ0) is 15.2. The minimum atomic E-state index is -1.06. The van der Waals surface area contributed by atoms with Crippen LogP contribution in [0.25, 0.3) is 0 Å². The molecule has 0 aliphatic rings. The molecule has 1 aromatic heterocycles. The lowest BCUT2D eigenvalue weighted by atomic mass is 10.2. The monoisotopic (exact) mass is 350 g/mol. The van der Waals surface area contributed by atoms with Crippen molar-refractivity contribution >= 4 is 33.6 Å². The van der Waals surface area contributed by atoms with Crippen LogP contribution in [0.15, 0.2) is 41.3 Å². The van der Waals surface area contributed by atoms with Gasteiger partial charge in [0.2, 0.25) is 0 Å². The normalized spacial score (nSPS) is 9.95. The fourth-order valence-corrected chi connectivity index (χ4v) is 1.86. The number of nitrogens with zero attached hydrogens (tertiary/aromatic N) is 2. The molecule has 0 aliphatic heterocycles. The topological polar surface area (TPSA) is 104 Å². The number of carbonyl (C=O) groups excluding carboxylic acids is 1. The third-order valence-electron chi connectivity index (χ3n) is 2.53. The summed E-state index contributed by atoms with van der Waals surface area (Å²) < 4.78 is 0.588. The molecule has 0 radical (unpaired) electrons. The number of aromatic carboxylic acids is 1. The van der Waals surface area contributed by atoms with E-state index >= 15 is 0 Å². The van der Waals surface area contributed by atoms with Crippen molar-refractivity contribution in [3.8, 4) is 0 Å². The van der Waals surface area contributed by atoms with Gasteiger partial charge in [0.15, 0.2) is 0 Å². The molecule has 0 unspecified atom stereocenters. The SMILES string of the molecule is O=C(NCc1ccncn1)Nc1cc(C(=O)O)ccc1Br. The number of amides is 2. The zero-order valence-corrected chi connectivity index (χ0v) is 12.3. The van der Waals surface area contributed by atoms with Gasteiger partial charge in [-0.15, -0.1) is 0 Å². The zero-order valence-electron chi connectivity index (χ0n) is 10.7. The highest BCUT2D eigenvalue weighted by Gasteiger charge is 2.09. The highest BCUT2D eigenvalue weighted by Crippen LogP contribution is 2.23. The van der Waals surface area contributed by atoms with E-state index < -0.39 is 12.0 Å². The molecule has 1 heterocycles. The highest BCUT2D eigenvalue weighted by atomic mass is 79.9. The Labute approximate surface area is 128 Å². The Morgan fingerprint density at radius 2 is 2.10 bits per heavy atom. The van der Waals surface area contributed by atoms with Crippen LogP contribution in [0.5, 0.6) is 0 Å². The summed E-state index contributed by atoms with van der Waals surface area (Å²) >= 11 is 3.25. The molecular weight excluding hydrogens is 340 g/mol. The Morgan fingerprint density at radius 1 is 1.29 bits per heavy atom. The molecule has 2 rings (SSSR count). The molecular formula is C13H11BrN4O3. The molecule has 0 fully saturated rings. The van der Waals surface area contributed by atoms with Gasteiger partial charge in [-0.2, -0.15) is 0 Å². The second kappa shape index (κ2) is 6.80. The van der Waals surface area contributed by atoms with Crippen molar-refractivity contribution in [2.24, 2.45) is 0 Å². The lowest BCUT2D eigenvalue weighted by Crippen LogP contribution is -2.28. The Balaban J connectivity index is 1.99. The summed E-state index contributed by atoms with van der Waals surface area (Å²) in [7, 11) is 0. The van der Waals surface area contributed by atoms with Crippen LogP contribution in [0.4, 0.5) is 10.5 Å². The lowest BCUT2D eigenvalue weighted by molar-refractivity contribution is 0.0697. The minimum Gasteiger partial charge on any atom is -0.478 e. The van der Waals surface area contributed by atoms with E-state index in [1.807, 2.05) is 0 Å². The molecule has 0 saturated heterocycles. The number of carbonyl (C=O) groups is 2. The number of anilines is 1. The molecule has 0 atom stereocenters. The van der Waals surface area contributed by atoms with Crippen LogP contribution >= 0.6 is 15.9 Å². The van der Waals surface area contributed by atoms with Crippen molar-refractivity contribution in [3.05, 3.63) is 52.5 Å². The summed E-state index contributed by atoms with van der Waals surface area (Å²) in [6.45, 7) is 0.241. The fraction of sp³-hybridized carbons (Fsp3) is 0.0769. The standard InChI is InChI=1S/C13H11BrN4O3/c14-10-2-1-8(12(19)20)5-11(10)18-13(21)16-6-9-3-4-15-7-17-9/h1-5,7H,6H2,(H,19,20)(H2,16,18,21). The third-order valence-corrected chi connectivity index (χ3v) is 3.23. The second-order valence-corrected chi connectivity index (χ2v) is 4.86. The van der Waals surface area contributed by atoms with Gasteiger partial charge >= 0.3 is 12.0 Å². The van der Waals surface area contributed by atoms with Gasteiger partial charge in [0.05, 0.1) is 23.5 Å². The smallest absolute Gasteiger partial charge is 0.335 e. The molecule has 21 heavy (non-hydrogen) atoms. The third kappa shape index (κ3) is 4.25. The first-order valence-corrected chi connectivity index (χ1v) is 6.68. The van der Waals surface area contributed by atoms with E-state index in [9.17, 15) is 9.59 Å². The van der Waals surface area contributed by atoms with E-state index in [1.165, 1.54) is 18.5 Å². The van der Waals surface area contributed by atoms with Gasteiger partial charge in [-0.05, 0) is 40.2 Å². The van der Waals surface area contributed by atoms with Crippen molar-refractivity contribution in [1.82, 2.24) is 15.3 Å². The number of rotatable bonds is 4. The number of carboxylic acid groups (broad SMARTS) is 1. The molecule has 2 amide bonds. The number of aromatic nitrogens is 2. The van der Waals surface area contributed by atoms with Gasteiger partial charge in [0.1, 0.15) is 6.33 Å². The minimum absolute atomic E-state index is 0.0873. The first kappa shape index (κ1) is 14.9. The largest absolute Gasteiger partial charge is 0.478 e. The van der Waals surface area contributed by atoms with Crippen molar-refractivity contribution in [2.75, 3.05) is 5.32 Å². The summed E-state index contributed by atoms with van der Waals surface area (Å²) in [6.07, 6.45) is 2.97. The van der Waals surface area contributed by atoms with E-state index in [4.69, 9.17) is 5.11 Å². The summed E-state index contributed by atoms with van der Waals surface area (Å²) in [5.41, 5.74) is 1.12. The molecule has 2 aromatic rings. The fourth-order valence-electron chi connectivity index (χ4n) is 1.51. The summed E-state index contributed by atoms with van der Waals surface area (Å²) in [5.74, 6) is -1.06. The Bertz CT molecular complexity index is 664. The van der Waals surface area contributed by atoms with Crippen LogP contribution < -0.4 is 10.6 Å². The number of hydrogen-bond acceptors (Lipinski definition) is 4. The molecule has 108 valence electrons. The van der Waals surface area contributed by atoms with Crippen molar-refractivity contribution in [1.29, 1.82) is 0 Å². The van der Waals surface area contributed by atoms with Crippen LogP contribution in [-0.4, -0.2) is 27.1 Å². The molecule has 1 aromatic carbocycles. The summed E-state index contributed by atoms with van der Waals surface area (Å²) in [6, 6.07) is 5.59. The highest BCUT2D eigenvalue weighted by molar-refractivity contribution is 9.10. The second-order valence-electron chi connectivity index (χ2n) is 4.01. The Morgan fingerprint density at radius 3 is 2.76 bits per heavy atom. The van der Waals surface area contributed by atoms with Crippen molar-refractivity contribution < 1.29 is 14.7 Å². The van der Waals surface area contributed by atoms with Gasteiger partial charge in [0.25, 0.3) is 0 Å². The lowest BCUT2D eigenvalue weighted by Gasteiger charge is -2.09. The number of carboxylic acids is 1. The quantitative estimate of drug-likeness (QED) is 0.784. The summed E-state index contributed by atoms with van der Waals surface area (Å²) in [5, 5.41) is 14.1. The number of urea groups is 1. The van der Waals surface area contributed by atoms with E-state index in [0.29, 0.717) is 15.9 Å². The maximum Gasteiger partial charge on any atom is 0.335 e. The molecule has 0 spiro atoms. The number of hydrogen-bond donors (Lipinski definition) is 3. The van der Waals surface area contributed by atoms with Crippen LogP contribution in [0.1, 0.15) is 16.1 Å². The predicted octanol–water partition coefficient (Wildman–Crippen LogP) is 2.26. The van der Waals surface area contributed by atoms with Gasteiger partial charge in [-0.1, -0.05) is 0 Å². The van der Waals surface area contributed by atoms with Crippen molar-refractivity contribution in [3.63, 3.8) is 0 Å². The van der Waals surface area contributed by atoms with Gasteiger partial charge in [-0.25, -0.2) is 19.6 Å². The molecule has 3 N–H and O–H groups in total. The Kier molecular flexibility index (Phi) is 4.83. The van der Waals surface area contributed by atoms with Crippen LogP contribution in [0.2, 0.25) is 0 Å². The van der Waals surface area contributed by atoms with Crippen molar-refractivity contribution in [2.45, 2.75) is 6.54 Å². The number of benzene rings is 1. The molecule has 7 nitrogen and oxygen atoms in total. The van der Waals surface area contributed by atoms with E-state index in [2.05, 4.69) is 36.5 Å². The average molecular weight is 351 g/mol. The molecule has 0 bridgehead atoms. The van der Waals surface area contributed by atoms with Gasteiger partial charge < -0.3 is 15.7 Å². The molecule has 0 saturated carbocycles. The van der Waals surface area contributed by atoms with E-state index in [0.717, 1.165) is 0 Å². The molecule has 0 aliphatic carbocycles. The predicted molar refractivity (Wildman–Crippen MR) is 79.0 cm³/mol. The van der Waals surface area contributed by atoms with Crippen LogP contribution in [0, 0.1) is 0 Å². The Hall–Kier alpha value is -2.48. The maximum atomic E-state index is 11.8. The van der Waals surface area contributed by atoms with Gasteiger partial charge in [-0.3, -0.25) is 0 Å². The average Bonchev–Trinajstić information content (AvgIpc) is 2.48. The van der Waals surface area contributed by atoms with Crippen LogP contribution in [-0.2, 0) is 6.54 Å². The van der Waals surface area contributed by atoms with Gasteiger partial charge in [0, 0.05) is 10.7 Å². The number of nitrogens with one attached hydrogen (secondary N) is 2. The van der Waals surface area contributed by atoms with E-state index in [1.54, 1.807) is 18.3 Å².